The standard InChI is InChI=1S/C13H14ClN3S/c1-9-6-15-13(14)16-12(9)17(11-2-3-11)7-10-4-5-18-8-10/h4-6,8,11H,2-3,7H2,1H3. The third kappa shape index (κ3) is 2.49. The molecule has 0 aliphatic heterocycles. The first-order chi connectivity index (χ1) is 8.74. The van der Waals surface area contributed by atoms with Gasteiger partial charge in [0.25, 0.3) is 0 Å². The van der Waals surface area contributed by atoms with Crippen LogP contribution in [0.3, 0.4) is 0 Å². The Morgan fingerprint density at radius 2 is 2.33 bits per heavy atom. The highest BCUT2D eigenvalue weighted by molar-refractivity contribution is 7.07. The van der Waals surface area contributed by atoms with Gasteiger partial charge in [0.2, 0.25) is 5.28 Å². The first-order valence-corrected chi connectivity index (χ1v) is 7.33. The molecule has 0 spiro atoms. The molecule has 0 aromatic carbocycles. The highest BCUT2D eigenvalue weighted by atomic mass is 35.5. The number of thiophene rings is 1. The molecule has 0 N–H and O–H groups in total. The summed E-state index contributed by atoms with van der Waals surface area (Å²) in [5.74, 6) is 0.976. The van der Waals surface area contributed by atoms with Crippen LogP contribution in [-0.4, -0.2) is 16.0 Å². The fraction of sp³-hybridized carbons (Fsp3) is 0.385. The SMILES string of the molecule is Cc1cnc(Cl)nc1N(Cc1ccsc1)C1CC1. The van der Waals surface area contributed by atoms with Crippen molar-refractivity contribution in [3.8, 4) is 0 Å². The highest BCUT2D eigenvalue weighted by Crippen LogP contribution is 2.34. The number of nitrogens with zero attached hydrogens (tertiary/aromatic N) is 3. The van der Waals surface area contributed by atoms with Crippen molar-refractivity contribution in [1.82, 2.24) is 9.97 Å². The van der Waals surface area contributed by atoms with Crippen molar-refractivity contribution in [2.24, 2.45) is 0 Å². The average Bonchev–Trinajstić information content (AvgIpc) is 3.07. The minimum atomic E-state index is 0.326. The highest BCUT2D eigenvalue weighted by Gasteiger charge is 2.31. The van der Waals surface area contributed by atoms with Crippen molar-refractivity contribution in [1.29, 1.82) is 0 Å². The Kier molecular flexibility index (Phi) is 3.22. The van der Waals surface area contributed by atoms with E-state index in [2.05, 4.69) is 31.7 Å². The summed E-state index contributed by atoms with van der Waals surface area (Å²) in [5, 5.41) is 4.62. The van der Waals surface area contributed by atoms with Crippen LogP contribution in [0.5, 0.6) is 0 Å². The Labute approximate surface area is 115 Å². The monoisotopic (exact) mass is 279 g/mol. The number of hydrogen-bond acceptors (Lipinski definition) is 4. The van der Waals surface area contributed by atoms with E-state index in [-0.39, 0.29) is 0 Å². The first kappa shape index (κ1) is 11.9. The lowest BCUT2D eigenvalue weighted by Gasteiger charge is -2.24. The van der Waals surface area contributed by atoms with Gasteiger partial charge in [-0.3, -0.25) is 0 Å². The summed E-state index contributed by atoms with van der Waals surface area (Å²) in [6, 6.07) is 2.77. The zero-order valence-corrected chi connectivity index (χ0v) is 11.7. The predicted molar refractivity (Wildman–Crippen MR) is 75.3 cm³/mol. The molecule has 1 fully saturated rings. The lowest BCUT2D eigenvalue weighted by molar-refractivity contribution is 0.772. The Morgan fingerprint density at radius 3 is 3.00 bits per heavy atom. The molecule has 0 atom stereocenters. The van der Waals surface area contributed by atoms with E-state index in [1.807, 2.05) is 6.92 Å². The van der Waals surface area contributed by atoms with E-state index in [1.54, 1.807) is 17.5 Å². The molecule has 0 radical (unpaired) electrons. The van der Waals surface area contributed by atoms with Crippen molar-refractivity contribution in [2.45, 2.75) is 32.4 Å². The van der Waals surface area contributed by atoms with Crippen molar-refractivity contribution in [2.75, 3.05) is 4.90 Å². The Hall–Kier alpha value is -1.13. The Morgan fingerprint density at radius 1 is 1.50 bits per heavy atom. The average molecular weight is 280 g/mol. The molecular weight excluding hydrogens is 266 g/mol. The molecular formula is C13H14ClN3S. The number of anilines is 1. The van der Waals surface area contributed by atoms with Gasteiger partial charge in [0.05, 0.1) is 0 Å². The topological polar surface area (TPSA) is 29.0 Å². The third-order valence-electron chi connectivity index (χ3n) is 3.11. The molecule has 1 aliphatic carbocycles. The minimum Gasteiger partial charge on any atom is -0.349 e. The molecule has 0 unspecified atom stereocenters. The van der Waals surface area contributed by atoms with Crippen molar-refractivity contribution < 1.29 is 0 Å². The van der Waals surface area contributed by atoms with Gasteiger partial charge < -0.3 is 4.90 Å². The summed E-state index contributed by atoms with van der Waals surface area (Å²) >= 11 is 7.65. The molecule has 18 heavy (non-hydrogen) atoms. The van der Waals surface area contributed by atoms with E-state index < -0.39 is 0 Å². The molecule has 3 rings (SSSR count). The summed E-state index contributed by atoms with van der Waals surface area (Å²) in [6.07, 6.45) is 4.28. The first-order valence-electron chi connectivity index (χ1n) is 6.01. The number of halogens is 1. The second-order valence-corrected chi connectivity index (χ2v) is 5.75. The Bertz CT molecular complexity index is 537. The molecule has 0 bridgehead atoms. The molecule has 2 aromatic rings. The molecule has 2 heterocycles. The van der Waals surface area contributed by atoms with Crippen LogP contribution in [0.1, 0.15) is 24.0 Å². The van der Waals surface area contributed by atoms with Crippen molar-refractivity contribution in [3.05, 3.63) is 39.4 Å². The minimum absolute atomic E-state index is 0.326. The van der Waals surface area contributed by atoms with Crippen LogP contribution in [0.25, 0.3) is 0 Å². The van der Waals surface area contributed by atoms with Gasteiger partial charge in [-0.25, -0.2) is 9.97 Å². The Balaban J connectivity index is 1.91. The van der Waals surface area contributed by atoms with Gasteiger partial charge in [-0.15, -0.1) is 0 Å². The summed E-state index contributed by atoms with van der Waals surface area (Å²) in [4.78, 5) is 10.8. The van der Waals surface area contributed by atoms with Gasteiger partial charge >= 0.3 is 0 Å². The maximum absolute atomic E-state index is 5.92. The van der Waals surface area contributed by atoms with Gasteiger partial charge in [0.15, 0.2) is 0 Å². The summed E-state index contributed by atoms with van der Waals surface area (Å²) in [5.41, 5.74) is 2.42. The molecule has 1 aliphatic rings. The predicted octanol–water partition coefficient (Wildman–Crippen LogP) is 3.67. The maximum atomic E-state index is 5.92. The summed E-state index contributed by atoms with van der Waals surface area (Å²) in [7, 11) is 0. The van der Waals surface area contributed by atoms with Crippen LogP contribution in [0.15, 0.2) is 23.0 Å². The number of aromatic nitrogens is 2. The van der Waals surface area contributed by atoms with Gasteiger partial charge in [-0.2, -0.15) is 11.3 Å². The third-order valence-corrected chi connectivity index (χ3v) is 4.02. The van der Waals surface area contributed by atoms with Crippen LogP contribution in [-0.2, 0) is 6.54 Å². The molecule has 0 saturated heterocycles. The summed E-state index contributed by atoms with van der Waals surface area (Å²) < 4.78 is 0. The van der Waals surface area contributed by atoms with Gasteiger partial charge in [0, 0.05) is 24.3 Å². The fourth-order valence-electron chi connectivity index (χ4n) is 2.05. The smallest absolute Gasteiger partial charge is 0.224 e. The molecule has 2 aromatic heterocycles. The van der Waals surface area contributed by atoms with Crippen LogP contribution >= 0.6 is 22.9 Å². The van der Waals surface area contributed by atoms with Gasteiger partial charge in [0.1, 0.15) is 5.82 Å². The lowest BCUT2D eigenvalue weighted by atomic mass is 10.2. The molecule has 94 valence electrons. The van der Waals surface area contributed by atoms with Crippen molar-refractivity contribution >= 4 is 28.8 Å². The van der Waals surface area contributed by atoms with E-state index in [4.69, 9.17) is 11.6 Å². The molecule has 1 saturated carbocycles. The maximum Gasteiger partial charge on any atom is 0.224 e. The second kappa shape index (κ2) is 4.86. The van der Waals surface area contributed by atoms with Gasteiger partial charge in [-0.05, 0) is 53.8 Å². The van der Waals surface area contributed by atoms with Crippen LogP contribution in [0.2, 0.25) is 5.28 Å². The zero-order valence-electron chi connectivity index (χ0n) is 10.1. The number of rotatable bonds is 4. The number of hydrogen-bond donors (Lipinski definition) is 0. The largest absolute Gasteiger partial charge is 0.349 e. The van der Waals surface area contributed by atoms with Crippen molar-refractivity contribution in [3.63, 3.8) is 0 Å². The van der Waals surface area contributed by atoms with Crippen LogP contribution in [0, 0.1) is 6.92 Å². The van der Waals surface area contributed by atoms with E-state index >= 15 is 0 Å². The van der Waals surface area contributed by atoms with E-state index in [1.165, 1.54) is 18.4 Å². The van der Waals surface area contributed by atoms with E-state index in [9.17, 15) is 0 Å². The zero-order chi connectivity index (χ0) is 12.5. The van der Waals surface area contributed by atoms with Gasteiger partial charge in [-0.1, -0.05) is 0 Å². The summed E-state index contributed by atoms with van der Waals surface area (Å²) in [6.45, 7) is 2.94. The second-order valence-electron chi connectivity index (χ2n) is 4.64. The van der Waals surface area contributed by atoms with Crippen LogP contribution in [0.4, 0.5) is 5.82 Å². The normalized spacial score (nSPS) is 14.8. The number of aryl methyl sites for hydroxylation is 1. The lowest BCUT2D eigenvalue weighted by Crippen LogP contribution is -2.26. The van der Waals surface area contributed by atoms with E-state index in [0.717, 1.165) is 17.9 Å². The molecule has 0 amide bonds. The quantitative estimate of drug-likeness (QED) is 0.800. The molecule has 3 nitrogen and oxygen atoms in total. The molecule has 5 heteroatoms. The van der Waals surface area contributed by atoms with Crippen LogP contribution < -0.4 is 4.90 Å². The van der Waals surface area contributed by atoms with E-state index in [0.29, 0.717) is 11.3 Å². The fourth-order valence-corrected chi connectivity index (χ4v) is 2.83.